The molecule has 158 valence electrons. The van der Waals surface area contributed by atoms with E-state index in [2.05, 4.69) is 0 Å². The third-order valence-electron chi connectivity index (χ3n) is 6.15. The van der Waals surface area contributed by atoms with Gasteiger partial charge in [0.05, 0.1) is 18.0 Å². The van der Waals surface area contributed by atoms with Gasteiger partial charge in [-0.3, -0.25) is 4.79 Å². The quantitative estimate of drug-likeness (QED) is 0.635. The van der Waals surface area contributed by atoms with Crippen LogP contribution in [-0.2, 0) is 17.9 Å². The van der Waals surface area contributed by atoms with Crippen molar-refractivity contribution >= 4 is 23.8 Å². The second-order valence-corrected chi connectivity index (χ2v) is 9.31. The summed E-state index contributed by atoms with van der Waals surface area (Å²) in [5.74, 6) is -0.395. The molecule has 0 saturated carbocycles. The average molecular weight is 425 g/mol. The van der Waals surface area contributed by atoms with E-state index in [0.717, 1.165) is 23.3 Å². The summed E-state index contributed by atoms with van der Waals surface area (Å²) in [7, 11) is 0. The fourth-order valence-electron chi connectivity index (χ4n) is 4.73. The van der Waals surface area contributed by atoms with Gasteiger partial charge in [0, 0.05) is 24.1 Å². The maximum atomic E-state index is 13.5. The van der Waals surface area contributed by atoms with E-state index >= 15 is 0 Å². The minimum Gasteiger partial charge on any atom is -0.481 e. The number of fused-ring (bicyclic) bond motifs is 1. The maximum Gasteiger partial charge on any atom is 0.321 e. The summed E-state index contributed by atoms with van der Waals surface area (Å²) in [6.07, 6.45) is 1.47. The summed E-state index contributed by atoms with van der Waals surface area (Å²) in [5, 5.41) is 9.81. The first-order chi connectivity index (χ1) is 14.6. The molecule has 2 heterocycles. The normalized spacial score (nSPS) is 24.2. The Labute approximate surface area is 182 Å². The van der Waals surface area contributed by atoms with Crippen LogP contribution in [0.25, 0.3) is 0 Å². The summed E-state index contributed by atoms with van der Waals surface area (Å²) in [4.78, 5) is 29.5. The van der Waals surface area contributed by atoms with Crippen molar-refractivity contribution in [1.29, 1.82) is 0 Å². The van der Waals surface area contributed by atoms with Gasteiger partial charge >= 0.3 is 12.0 Å². The van der Waals surface area contributed by atoms with Crippen LogP contribution in [0.2, 0.25) is 0 Å². The minimum absolute atomic E-state index is 0.0173. The van der Waals surface area contributed by atoms with E-state index in [1.807, 2.05) is 77.4 Å². The van der Waals surface area contributed by atoms with Gasteiger partial charge in [-0.25, -0.2) is 4.79 Å². The standard InChI is InChI=1S/C24H28N2O3S/c1-2-9-19(23(27)28)22-21-20(16-30-22)25(14-17-10-5-3-6-11-17)24(29)26(21)15-18-12-7-4-8-13-18/h3-8,10-13,19-22H,2,9,14-16H2,1H3,(H,27,28)/t19?,20-,21-,22?/m0/s1. The van der Waals surface area contributed by atoms with Gasteiger partial charge in [0.2, 0.25) is 0 Å². The summed E-state index contributed by atoms with van der Waals surface area (Å²) >= 11 is 1.73. The van der Waals surface area contributed by atoms with Crippen molar-refractivity contribution in [3.63, 3.8) is 0 Å². The number of urea groups is 1. The maximum absolute atomic E-state index is 13.5. The molecule has 2 aliphatic heterocycles. The molecule has 0 bridgehead atoms. The zero-order valence-corrected chi connectivity index (χ0v) is 18.0. The van der Waals surface area contributed by atoms with E-state index in [1.165, 1.54) is 0 Å². The summed E-state index contributed by atoms with van der Waals surface area (Å²) in [6.45, 7) is 3.10. The molecule has 2 aromatic carbocycles. The van der Waals surface area contributed by atoms with Crippen molar-refractivity contribution in [2.24, 2.45) is 5.92 Å². The number of carbonyl (C=O) groups is 2. The van der Waals surface area contributed by atoms with Crippen molar-refractivity contribution in [3.05, 3.63) is 71.8 Å². The van der Waals surface area contributed by atoms with Gasteiger partial charge in [0.15, 0.2) is 0 Å². The van der Waals surface area contributed by atoms with Crippen LogP contribution in [0.1, 0.15) is 30.9 Å². The van der Waals surface area contributed by atoms with E-state index in [-0.39, 0.29) is 23.4 Å². The van der Waals surface area contributed by atoms with Crippen LogP contribution in [0.5, 0.6) is 0 Å². The van der Waals surface area contributed by atoms with Gasteiger partial charge in [-0.05, 0) is 17.5 Å². The van der Waals surface area contributed by atoms with Crippen molar-refractivity contribution in [1.82, 2.24) is 9.80 Å². The topological polar surface area (TPSA) is 60.9 Å². The lowest BCUT2D eigenvalue weighted by molar-refractivity contribution is -0.142. The van der Waals surface area contributed by atoms with E-state index in [9.17, 15) is 14.7 Å². The molecule has 0 spiro atoms. The molecule has 2 aromatic rings. The van der Waals surface area contributed by atoms with Gasteiger partial charge in [0.25, 0.3) is 0 Å². The lowest BCUT2D eigenvalue weighted by Crippen LogP contribution is -2.45. The van der Waals surface area contributed by atoms with Crippen molar-refractivity contribution < 1.29 is 14.7 Å². The molecule has 0 radical (unpaired) electrons. The zero-order valence-electron chi connectivity index (χ0n) is 17.2. The molecule has 2 fully saturated rings. The van der Waals surface area contributed by atoms with Gasteiger partial charge in [-0.15, -0.1) is 0 Å². The Bertz CT molecular complexity index is 877. The monoisotopic (exact) mass is 424 g/mol. The molecule has 2 saturated heterocycles. The highest BCUT2D eigenvalue weighted by Crippen LogP contribution is 2.44. The second-order valence-electron chi connectivity index (χ2n) is 8.10. The molecule has 6 heteroatoms. The molecule has 2 unspecified atom stereocenters. The van der Waals surface area contributed by atoms with Crippen LogP contribution in [0.15, 0.2) is 60.7 Å². The number of benzene rings is 2. The van der Waals surface area contributed by atoms with Crippen LogP contribution >= 0.6 is 11.8 Å². The lowest BCUT2D eigenvalue weighted by atomic mass is 9.91. The molecule has 30 heavy (non-hydrogen) atoms. The Morgan fingerprint density at radius 2 is 1.60 bits per heavy atom. The Balaban J connectivity index is 1.65. The fourth-order valence-corrected chi connectivity index (χ4v) is 6.54. The first-order valence-electron chi connectivity index (χ1n) is 10.6. The predicted molar refractivity (Wildman–Crippen MR) is 119 cm³/mol. The zero-order chi connectivity index (χ0) is 21.1. The number of carboxylic acid groups (broad SMARTS) is 1. The third kappa shape index (κ3) is 4.06. The Kier molecular flexibility index (Phi) is 6.32. The second kappa shape index (κ2) is 9.13. The molecule has 2 aliphatic rings. The lowest BCUT2D eigenvalue weighted by Gasteiger charge is -2.30. The van der Waals surface area contributed by atoms with Crippen LogP contribution in [0.3, 0.4) is 0 Å². The van der Waals surface area contributed by atoms with Crippen molar-refractivity contribution in [2.75, 3.05) is 5.75 Å². The van der Waals surface area contributed by atoms with Gasteiger partial charge in [0.1, 0.15) is 0 Å². The predicted octanol–water partition coefficient (Wildman–Crippen LogP) is 4.48. The molecular weight excluding hydrogens is 396 g/mol. The number of hydrogen-bond acceptors (Lipinski definition) is 3. The number of amides is 2. The smallest absolute Gasteiger partial charge is 0.321 e. The largest absolute Gasteiger partial charge is 0.481 e. The highest BCUT2D eigenvalue weighted by Gasteiger charge is 2.55. The summed E-state index contributed by atoms with van der Waals surface area (Å²) in [5.41, 5.74) is 2.17. The number of carbonyl (C=O) groups excluding carboxylic acids is 1. The van der Waals surface area contributed by atoms with Gasteiger partial charge < -0.3 is 14.9 Å². The summed E-state index contributed by atoms with van der Waals surface area (Å²) < 4.78 is 0. The van der Waals surface area contributed by atoms with E-state index in [4.69, 9.17) is 0 Å². The van der Waals surface area contributed by atoms with E-state index in [1.54, 1.807) is 11.8 Å². The van der Waals surface area contributed by atoms with Crippen LogP contribution < -0.4 is 0 Å². The van der Waals surface area contributed by atoms with Crippen molar-refractivity contribution in [3.8, 4) is 0 Å². The van der Waals surface area contributed by atoms with Crippen LogP contribution in [0, 0.1) is 5.92 Å². The number of carboxylic acids is 1. The average Bonchev–Trinajstić information content (AvgIpc) is 3.28. The number of thioether (sulfide) groups is 1. The molecule has 5 nitrogen and oxygen atoms in total. The molecule has 1 N–H and O–H groups in total. The number of aliphatic carboxylic acids is 1. The van der Waals surface area contributed by atoms with E-state index in [0.29, 0.717) is 19.5 Å². The van der Waals surface area contributed by atoms with Crippen LogP contribution in [0.4, 0.5) is 4.79 Å². The SMILES string of the molecule is CCCC(C(=O)O)C1SC[C@H]2[C@@H]1N(Cc1ccccc1)C(=O)N2Cc1ccccc1. The molecule has 0 aromatic heterocycles. The third-order valence-corrected chi connectivity index (χ3v) is 7.67. The highest BCUT2D eigenvalue weighted by molar-refractivity contribution is 8.00. The Morgan fingerprint density at radius 3 is 2.13 bits per heavy atom. The first kappa shape index (κ1) is 20.8. The number of hydrogen-bond donors (Lipinski definition) is 1. The molecular formula is C24H28N2O3S. The van der Waals surface area contributed by atoms with Gasteiger partial charge in [-0.2, -0.15) is 11.8 Å². The first-order valence-corrected chi connectivity index (χ1v) is 11.6. The number of nitrogens with zero attached hydrogens (tertiary/aromatic N) is 2. The fraction of sp³-hybridized carbons (Fsp3) is 0.417. The molecule has 4 rings (SSSR count). The number of rotatable bonds is 8. The molecule has 0 aliphatic carbocycles. The Hall–Kier alpha value is -2.47. The molecule has 2 amide bonds. The Morgan fingerprint density at radius 1 is 1.03 bits per heavy atom. The van der Waals surface area contributed by atoms with Crippen molar-refractivity contribution in [2.45, 2.75) is 50.2 Å². The van der Waals surface area contributed by atoms with Crippen LogP contribution in [-0.4, -0.2) is 50.0 Å². The molecule has 4 atom stereocenters. The van der Waals surface area contributed by atoms with E-state index < -0.39 is 11.9 Å². The van der Waals surface area contributed by atoms with Gasteiger partial charge in [-0.1, -0.05) is 74.0 Å². The summed E-state index contributed by atoms with van der Waals surface area (Å²) in [6, 6.07) is 20.0. The highest BCUT2D eigenvalue weighted by atomic mass is 32.2. The minimum atomic E-state index is -0.747.